The van der Waals surface area contributed by atoms with Crippen molar-refractivity contribution in [3.8, 4) is 5.75 Å². The van der Waals surface area contributed by atoms with Crippen LogP contribution in [-0.4, -0.2) is 7.11 Å². The number of aryl methyl sites for hydroxylation is 1. The van der Waals surface area contributed by atoms with Crippen LogP contribution < -0.4 is 4.74 Å². The number of hydrogen-bond acceptors (Lipinski definition) is 1. The van der Waals surface area contributed by atoms with Gasteiger partial charge in [-0.05, 0) is 58.2 Å². The molecule has 0 aromatic heterocycles. The molecule has 0 aliphatic heterocycles. The number of alkyl halides is 1. The minimum Gasteiger partial charge on any atom is -0.495 e. The first-order chi connectivity index (χ1) is 9.43. The molecule has 1 atom stereocenters. The van der Waals surface area contributed by atoms with Crippen LogP contribution in [0.25, 0.3) is 0 Å². The monoisotopic (exact) mass is 436 g/mol. The molecule has 0 spiro atoms. The fraction of sp³-hybridized carbons (Fsp3) is 0.200. The Kier molecular flexibility index (Phi) is 5.41. The average Bonchev–Trinajstić information content (AvgIpc) is 2.40. The van der Waals surface area contributed by atoms with Gasteiger partial charge in [-0.25, -0.2) is 0 Å². The van der Waals surface area contributed by atoms with Crippen molar-refractivity contribution < 1.29 is 4.74 Å². The van der Waals surface area contributed by atoms with Gasteiger partial charge in [0.15, 0.2) is 0 Å². The smallest absolute Gasteiger partial charge is 0.138 e. The lowest BCUT2D eigenvalue weighted by atomic mass is 9.99. The summed E-state index contributed by atoms with van der Waals surface area (Å²) in [5.74, 6) is 0.703. The van der Waals surface area contributed by atoms with Gasteiger partial charge in [-0.1, -0.05) is 33.6 Å². The molecule has 0 saturated carbocycles. The summed E-state index contributed by atoms with van der Waals surface area (Å²) in [6.07, 6.45) is 0. The SMILES string of the molecule is COc1c(Br)cc(Cl)cc1C(Cl)c1cc(Br)ccc1C. The van der Waals surface area contributed by atoms with E-state index in [1.54, 1.807) is 13.2 Å². The number of rotatable bonds is 3. The fourth-order valence-electron chi connectivity index (χ4n) is 2.04. The molecule has 1 nitrogen and oxygen atoms in total. The van der Waals surface area contributed by atoms with Crippen molar-refractivity contribution in [3.63, 3.8) is 0 Å². The molecule has 0 saturated heterocycles. The zero-order valence-electron chi connectivity index (χ0n) is 10.9. The average molecular weight is 439 g/mol. The van der Waals surface area contributed by atoms with Crippen LogP contribution >= 0.6 is 55.1 Å². The molecule has 0 fully saturated rings. The molecule has 1 unspecified atom stereocenters. The summed E-state index contributed by atoms with van der Waals surface area (Å²) in [6, 6.07) is 9.67. The Morgan fingerprint density at radius 3 is 2.45 bits per heavy atom. The van der Waals surface area contributed by atoms with E-state index < -0.39 is 0 Å². The first-order valence-corrected chi connectivity index (χ1v) is 8.27. The second kappa shape index (κ2) is 6.69. The Bertz CT molecular complexity index is 644. The van der Waals surface area contributed by atoms with Gasteiger partial charge in [0.25, 0.3) is 0 Å². The third-order valence-electron chi connectivity index (χ3n) is 3.03. The normalized spacial score (nSPS) is 12.3. The van der Waals surface area contributed by atoms with E-state index in [0.29, 0.717) is 10.8 Å². The Morgan fingerprint density at radius 2 is 1.80 bits per heavy atom. The van der Waals surface area contributed by atoms with Crippen LogP contribution in [0.15, 0.2) is 39.3 Å². The summed E-state index contributed by atoms with van der Waals surface area (Å²) in [5.41, 5.74) is 2.98. The topological polar surface area (TPSA) is 9.23 Å². The zero-order valence-corrected chi connectivity index (χ0v) is 15.6. The highest BCUT2D eigenvalue weighted by atomic mass is 79.9. The molecule has 5 heteroatoms. The quantitative estimate of drug-likeness (QED) is 0.496. The number of hydrogen-bond donors (Lipinski definition) is 0. The van der Waals surface area contributed by atoms with Gasteiger partial charge in [0.1, 0.15) is 5.75 Å². The number of ether oxygens (including phenoxy) is 1. The van der Waals surface area contributed by atoms with E-state index in [0.717, 1.165) is 25.6 Å². The van der Waals surface area contributed by atoms with Crippen molar-refractivity contribution in [2.24, 2.45) is 0 Å². The third kappa shape index (κ3) is 3.33. The standard InChI is InChI=1S/C15H12Br2Cl2O/c1-8-3-4-9(16)5-11(8)14(19)12-6-10(18)7-13(17)15(12)20-2/h3-7,14H,1-2H3. The molecule has 0 amide bonds. The largest absolute Gasteiger partial charge is 0.495 e. The second-order valence-corrected chi connectivity index (χ2v) is 7.02. The van der Waals surface area contributed by atoms with E-state index in [-0.39, 0.29) is 5.38 Å². The molecule has 0 aliphatic rings. The van der Waals surface area contributed by atoms with Gasteiger partial charge in [0.2, 0.25) is 0 Å². The minimum atomic E-state index is -0.336. The summed E-state index contributed by atoms with van der Waals surface area (Å²) >= 11 is 19.7. The second-order valence-electron chi connectivity index (χ2n) is 4.37. The molecule has 0 N–H and O–H groups in total. The maximum Gasteiger partial charge on any atom is 0.138 e. The highest BCUT2D eigenvalue weighted by Crippen LogP contribution is 2.42. The molecule has 0 heterocycles. The van der Waals surface area contributed by atoms with Crippen LogP contribution in [-0.2, 0) is 0 Å². The maximum absolute atomic E-state index is 6.66. The van der Waals surface area contributed by atoms with Crippen molar-refractivity contribution in [3.05, 3.63) is 61.0 Å². The predicted molar refractivity (Wildman–Crippen MR) is 92.3 cm³/mol. The van der Waals surface area contributed by atoms with Crippen LogP contribution in [0.5, 0.6) is 5.75 Å². The van der Waals surface area contributed by atoms with Gasteiger partial charge >= 0.3 is 0 Å². The third-order valence-corrected chi connectivity index (χ3v) is 4.80. The molecular formula is C15H12Br2Cl2O. The lowest BCUT2D eigenvalue weighted by Gasteiger charge is -2.18. The number of methoxy groups -OCH3 is 1. The Morgan fingerprint density at radius 1 is 1.10 bits per heavy atom. The van der Waals surface area contributed by atoms with Gasteiger partial charge in [0.05, 0.1) is 17.0 Å². The van der Waals surface area contributed by atoms with Crippen molar-refractivity contribution in [1.82, 2.24) is 0 Å². The van der Waals surface area contributed by atoms with Gasteiger partial charge in [0, 0.05) is 15.1 Å². The van der Waals surface area contributed by atoms with E-state index in [2.05, 4.69) is 31.9 Å². The van der Waals surface area contributed by atoms with Gasteiger partial charge in [-0.2, -0.15) is 0 Å². The van der Waals surface area contributed by atoms with E-state index >= 15 is 0 Å². The fourth-order valence-corrected chi connectivity index (χ4v) is 3.81. The van der Waals surface area contributed by atoms with Gasteiger partial charge in [-0.15, -0.1) is 11.6 Å². The van der Waals surface area contributed by atoms with Crippen molar-refractivity contribution in [1.29, 1.82) is 0 Å². The predicted octanol–water partition coefficient (Wildman–Crippen LogP) is 6.51. The first-order valence-electron chi connectivity index (χ1n) is 5.87. The van der Waals surface area contributed by atoms with Crippen LogP contribution in [0, 0.1) is 6.92 Å². The molecule has 0 bridgehead atoms. The lowest BCUT2D eigenvalue weighted by molar-refractivity contribution is 0.407. The summed E-state index contributed by atoms with van der Waals surface area (Å²) in [7, 11) is 1.62. The zero-order chi connectivity index (χ0) is 14.9. The highest BCUT2D eigenvalue weighted by molar-refractivity contribution is 9.10. The summed E-state index contributed by atoms with van der Waals surface area (Å²) in [5, 5.41) is 0.281. The molecule has 2 aromatic carbocycles. The molecule has 0 aliphatic carbocycles. The van der Waals surface area contributed by atoms with Crippen LogP contribution in [0.4, 0.5) is 0 Å². The molecular weight excluding hydrogens is 427 g/mol. The highest BCUT2D eigenvalue weighted by Gasteiger charge is 2.20. The molecule has 106 valence electrons. The number of halogens is 4. The molecule has 20 heavy (non-hydrogen) atoms. The summed E-state index contributed by atoms with van der Waals surface area (Å²) < 4.78 is 7.22. The maximum atomic E-state index is 6.66. The van der Waals surface area contributed by atoms with E-state index in [9.17, 15) is 0 Å². The summed E-state index contributed by atoms with van der Waals surface area (Å²) in [6.45, 7) is 2.03. The van der Waals surface area contributed by atoms with E-state index in [1.807, 2.05) is 31.2 Å². The van der Waals surface area contributed by atoms with Gasteiger partial charge in [-0.3, -0.25) is 0 Å². The van der Waals surface area contributed by atoms with Crippen molar-refractivity contribution in [2.75, 3.05) is 7.11 Å². The first kappa shape index (κ1) is 16.2. The summed E-state index contributed by atoms with van der Waals surface area (Å²) in [4.78, 5) is 0. The Balaban J connectivity index is 2.58. The Labute approximate surface area is 145 Å². The molecule has 0 radical (unpaired) electrons. The van der Waals surface area contributed by atoms with E-state index in [1.165, 1.54) is 0 Å². The van der Waals surface area contributed by atoms with Crippen molar-refractivity contribution in [2.45, 2.75) is 12.3 Å². The van der Waals surface area contributed by atoms with Crippen LogP contribution in [0.1, 0.15) is 22.1 Å². The molecule has 2 aromatic rings. The van der Waals surface area contributed by atoms with E-state index in [4.69, 9.17) is 27.9 Å². The minimum absolute atomic E-state index is 0.336. The van der Waals surface area contributed by atoms with Crippen molar-refractivity contribution >= 4 is 55.1 Å². The van der Waals surface area contributed by atoms with Gasteiger partial charge < -0.3 is 4.74 Å². The molecule has 2 rings (SSSR count). The Hall–Kier alpha value is -0.220. The van der Waals surface area contributed by atoms with Crippen LogP contribution in [0.2, 0.25) is 5.02 Å². The van der Waals surface area contributed by atoms with Crippen LogP contribution in [0.3, 0.4) is 0 Å². The number of benzene rings is 2. The lowest BCUT2D eigenvalue weighted by Crippen LogP contribution is -2.00.